The normalized spacial score (nSPS) is 16.6. The van der Waals surface area contributed by atoms with Crippen LogP contribution >= 0.6 is 34.5 Å². The van der Waals surface area contributed by atoms with Crippen LogP contribution in [0.15, 0.2) is 30.3 Å². The molecule has 0 saturated heterocycles. The van der Waals surface area contributed by atoms with Crippen molar-refractivity contribution in [2.24, 2.45) is 0 Å². The minimum Gasteiger partial charge on any atom is -0.480 e. The molecule has 2 heterocycles. The topological polar surface area (TPSA) is 38.3 Å². The molecule has 1 aromatic heterocycles. The molecule has 1 aliphatic rings. The third-order valence-corrected chi connectivity index (χ3v) is 4.52. The number of nitrogens with one attached hydrogen (secondary N) is 1. The molecule has 104 valence electrons. The van der Waals surface area contributed by atoms with Crippen molar-refractivity contribution in [1.29, 1.82) is 0 Å². The highest BCUT2D eigenvalue weighted by Crippen LogP contribution is 2.31. The van der Waals surface area contributed by atoms with Gasteiger partial charge in [-0.2, -0.15) is 0 Å². The number of benzene rings is 1. The number of carbonyl (C=O) groups is 1. The second kappa shape index (κ2) is 5.64. The molecular formula is C14H11Cl2NO2S. The summed E-state index contributed by atoms with van der Waals surface area (Å²) in [6.45, 7) is 0.465. The van der Waals surface area contributed by atoms with E-state index in [4.69, 9.17) is 27.9 Å². The number of hydrogen-bond donors (Lipinski definition) is 1. The van der Waals surface area contributed by atoms with E-state index >= 15 is 0 Å². The van der Waals surface area contributed by atoms with Gasteiger partial charge in [0.05, 0.1) is 10.9 Å². The molecule has 3 nitrogen and oxygen atoms in total. The van der Waals surface area contributed by atoms with Gasteiger partial charge in [0.15, 0.2) is 6.10 Å². The Morgan fingerprint density at radius 3 is 2.95 bits per heavy atom. The summed E-state index contributed by atoms with van der Waals surface area (Å²) in [6.07, 6.45) is 0.0614. The Morgan fingerprint density at radius 1 is 1.35 bits per heavy atom. The van der Waals surface area contributed by atoms with E-state index in [-0.39, 0.29) is 5.91 Å². The van der Waals surface area contributed by atoms with Crippen LogP contribution in [0.1, 0.15) is 10.4 Å². The van der Waals surface area contributed by atoms with Gasteiger partial charge in [-0.25, -0.2) is 0 Å². The molecule has 0 spiro atoms. The third-order valence-electron chi connectivity index (χ3n) is 3.06. The number of thiophene rings is 1. The lowest BCUT2D eigenvalue weighted by molar-refractivity contribution is -0.127. The van der Waals surface area contributed by atoms with Gasteiger partial charge in [-0.15, -0.1) is 11.3 Å². The van der Waals surface area contributed by atoms with Crippen LogP contribution in [-0.2, 0) is 17.8 Å². The molecule has 1 aliphatic heterocycles. The van der Waals surface area contributed by atoms with E-state index in [1.807, 2.05) is 18.2 Å². The minimum atomic E-state index is -0.487. The minimum absolute atomic E-state index is 0.123. The van der Waals surface area contributed by atoms with Gasteiger partial charge in [-0.3, -0.25) is 4.79 Å². The summed E-state index contributed by atoms with van der Waals surface area (Å²) in [5.41, 5.74) is 0.969. The standard InChI is InChI=1S/C14H11Cl2NO2S/c15-9-1-3-11-8(5-9)6-12(19-11)14(18)17-7-10-2-4-13(16)20-10/h1-5,12H,6-7H2,(H,17,18). The van der Waals surface area contributed by atoms with Crippen molar-refractivity contribution < 1.29 is 9.53 Å². The first-order valence-electron chi connectivity index (χ1n) is 6.09. The van der Waals surface area contributed by atoms with E-state index in [0.717, 1.165) is 16.2 Å². The van der Waals surface area contributed by atoms with Crippen LogP contribution in [0, 0.1) is 0 Å². The molecule has 2 aromatic rings. The maximum absolute atomic E-state index is 12.1. The van der Waals surface area contributed by atoms with Crippen molar-refractivity contribution in [2.45, 2.75) is 19.1 Å². The van der Waals surface area contributed by atoms with E-state index in [1.54, 1.807) is 12.1 Å². The number of halogens is 2. The fourth-order valence-electron chi connectivity index (χ4n) is 2.10. The van der Waals surface area contributed by atoms with E-state index < -0.39 is 6.10 Å². The molecule has 20 heavy (non-hydrogen) atoms. The highest BCUT2D eigenvalue weighted by Gasteiger charge is 2.29. The van der Waals surface area contributed by atoms with Crippen molar-refractivity contribution in [3.8, 4) is 5.75 Å². The molecule has 0 aliphatic carbocycles. The molecule has 1 unspecified atom stereocenters. The second-order valence-corrected chi connectivity index (χ2v) is 6.72. The number of hydrogen-bond acceptors (Lipinski definition) is 3. The van der Waals surface area contributed by atoms with Crippen molar-refractivity contribution in [3.63, 3.8) is 0 Å². The Hall–Kier alpha value is -1.23. The van der Waals surface area contributed by atoms with Gasteiger partial charge < -0.3 is 10.1 Å². The Bertz CT molecular complexity index is 656. The van der Waals surface area contributed by atoms with E-state index in [2.05, 4.69) is 5.32 Å². The maximum atomic E-state index is 12.1. The van der Waals surface area contributed by atoms with Gasteiger partial charge in [-0.1, -0.05) is 23.2 Å². The summed E-state index contributed by atoms with van der Waals surface area (Å²) in [6, 6.07) is 9.11. The lowest BCUT2D eigenvalue weighted by atomic mass is 10.1. The van der Waals surface area contributed by atoms with Gasteiger partial charge in [0, 0.05) is 16.3 Å². The molecule has 1 N–H and O–H groups in total. The number of amides is 1. The maximum Gasteiger partial charge on any atom is 0.261 e. The van der Waals surface area contributed by atoms with Crippen molar-refractivity contribution in [3.05, 3.63) is 50.1 Å². The van der Waals surface area contributed by atoms with Gasteiger partial charge in [-0.05, 0) is 35.9 Å². The highest BCUT2D eigenvalue weighted by atomic mass is 35.5. The van der Waals surface area contributed by atoms with Crippen molar-refractivity contribution in [2.75, 3.05) is 0 Å². The van der Waals surface area contributed by atoms with Gasteiger partial charge in [0.1, 0.15) is 5.75 Å². The lowest BCUT2D eigenvalue weighted by Crippen LogP contribution is -2.36. The molecule has 0 bridgehead atoms. The Kier molecular flexibility index (Phi) is 3.87. The fraction of sp³-hybridized carbons (Fsp3) is 0.214. The Balaban J connectivity index is 1.60. The largest absolute Gasteiger partial charge is 0.480 e. The van der Waals surface area contributed by atoms with Gasteiger partial charge in [0.25, 0.3) is 5.91 Å². The average molecular weight is 328 g/mol. The number of ether oxygens (including phenoxy) is 1. The molecule has 0 saturated carbocycles. The van der Waals surface area contributed by atoms with Gasteiger partial charge >= 0.3 is 0 Å². The van der Waals surface area contributed by atoms with Crippen LogP contribution in [0.4, 0.5) is 0 Å². The average Bonchev–Trinajstić information content (AvgIpc) is 3.01. The molecular weight excluding hydrogens is 317 g/mol. The monoisotopic (exact) mass is 327 g/mol. The predicted molar refractivity (Wildman–Crippen MR) is 80.7 cm³/mol. The second-order valence-electron chi connectivity index (χ2n) is 4.49. The zero-order valence-corrected chi connectivity index (χ0v) is 12.7. The summed E-state index contributed by atoms with van der Waals surface area (Å²) in [4.78, 5) is 13.1. The fourth-order valence-corrected chi connectivity index (χ4v) is 3.32. The highest BCUT2D eigenvalue weighted by molar-refractivity contribution is 7.16. The lowest BCUT2D eigenvalue weighted by Gasteiger charge is -2.10. The van der Waals surface area contributed by atoms with E-state index in [0.29, 0.717) is 22.3 Å². The van der Waals surface area contributed by atoms with Crippen LogP contribution < -0.4 is 10.1 Å². The van der Waals surface area contributed by atoms with Crippen LogP contribution in [0.5, 0.6) is 5.75 Å². The number of fused-ring (bicyclic) bond motifs is 1. The van der Waals surface area contributed by atoms with E-state index in [1.165, 1.54) is 11.3 Å². The quantitative estimate of drug-likeness (QED) is 0.933. The zero-order chi connectivity index (χ0) is 14.1. The van der Waals surface area contributed by atoms with Crippen LogP contribution in [0.3, 0.4) is 0 Å². The number of rotatable bonds is 3. The first kappa shape index (κ1) is 13.7. The predicted octanol–water partition coefficient (Wildman–Crippen LogP) is 3.67. The summed E-state index contributed by atoms with van der Waals surface area (Å²) in [5, 5.41) is 3.51. The first-order chi connectivity index (χ1) is 9.61. The first-order valence-corrected chi connectivity index (χ1v) is 7.66. The molecule has 0 fully saturated rings. The van der Waals surface area contributed by atoms with Crippen molar-refractivity contribution in [1.82, 2.24) is 5.32 Å². The van der Waals surface area contributed by atoms with Crippen molar-refractivity contribution >= 4 is 40.4 Å². The van der Waals surface area contributed by atoms with E-state index in [9.17, 15) is 4.79 Å². The summed E-state index contributed by atoms with van der Waals surface area (Å²) >= 11 is 13.2. The Labute approximate surface area is 130 Å². The SMILES string of the molecule is O=C(NCc1ccc(Cl)s1)C1Cc2cc(Cl)ccc2O1. The molecule has 1 aromatic carbocycles. The number of carbonyl (C=O) groups excluding carboxylic acids is 1. The Morgan fingerprint density at radius 2 is 2.20 bits per heavy atom. The van der Waals surface area contributed by atoms with Crippen LogP contribution in [-0.4, -0.2) is 12.0 Å². The summed E-state index contributed by atoms with van der Waals surface area (Å²) < 4.78 is 6.34. The van der Waals surface area contributed by atoms with Crippen LogP contribution in [0.2, 0.25) is 9.36 Å². The zero-order valence-electron chi connectivity index (χ0n) is 10.4. The summed E-state index contributed by atoms with van der Waals surface area (Å²) in [5.74, 6) is 0.607. The summed E-state index contributed by atoms with van der Waals surface area (Å²) in [7, 11) is 0. The van der Waals surface area contributed by atoms with Gasteiger partial charge in [0.2, 0.25) is 0 Å². The third kappa shape index (κ3) is 2.92. The molecule has 0 radical (unpaired) electrons. The molecule has 6 heteroatoms. The molecule has 1 amide bonds. The molecule has 3 rings (SSSR count). The van der Waals surface area contributed by atoms with Crippen LogP contribution in [0.25, 0.3) is 0 Å². The molecule has 1 atom stereocenters. The smallest absolute Gasteiger partial charge is 0.261 e.